The van der Waals surface area contributed by atoms with Gasteiger partial charge in [-0.2, -0.15) is 16.1 Å². The molecule has 8 heteroatoms. The van der Waals surface area contributed by atoms with Crippen LogP contribution in [0.5, 0.6) is 0 Å². The van der Waals surface area contributed by atoms with Crippen molar-refractivity contribution in [3.63, 3.8) is 0 Å². The molecule has 2 heterocycles. The third-order valence-electron chi connectivity index (χ3n) is 2.88. The third-order valence-corrected chi connectivity index (χ3v) is 7.02. The van der Waals surface area contributed by atoms with Crippen molar-refractivity contribution in [2.45, 2.75) is 29.9 Å². The molecule has 1 aromatic rings. The number of anilines is 2. The van der Waals surface area contributed by atoms with Gasteiger partial charge in [-0.15, -0.1) is 0 Å². The molecule has 1 fully saturated rings. The van der Waals surface area contributed by atoms with E-state index in [0.29, 0.717) is 10.3 Å². The van der Waals surface area contributed by atoms with E-state index in [2.05, 4.69) is 9.69 Å². The van der Waals surface area contributed by atoms with Gasteiger partial charge in [-0.05, 0) is 30.1 Å². The van der Waals surface area contributed by atoms with Gasteiger partial charge < -0.3 is 11.1 Å². The van der Waals surface area contributed by atoms with Crippen LogP contribution >= 0.6 is 23.3 Å². The quantitative estimate of drug-likeness (QED) is 0.863. The maximum absolute atomic E-state index is 11.9. The molecule has 2 rings (SSSR count). The minimum Gasteiger partial charge on any atom is -0.382 e. The van der Waals surface area contributed by atoms with Crippen LogP contribution in [-0.4, -0.2) is 36.1 Å². The second-order valence-corrected chi connectivity index (χ2v) is 8.54. The molecule has 0 saturated carbocycles. The summed E-state index contributed by atoms with van der Waals surface area (Å²) in [4.78, 5) is 0.179. The van der Waals surface area contributed by atoms with E-state index in [9.17, 15) is 8.42 Å². The molecule has 0 radical (unpaired) electrons. The number of hydrogen-bond acceptors (Lipinski definition) is 7. The summed E-state index contributed by atoms with van der Waals surface area (Å²) in [5, 5.41) is 4.34. The first-order valence-corrected chi connectivity index (χ1v) is 9.35. The number of nitrogens with zero attached hydrogens (tertiary/aromatic N) is 1. The summed E-state index contributed by atoms with van der Waals surface area (Å²) < 4.78 is 27.8. The number of aromatic nitrogens is 1. The van der Waals surface area contributed by atoms with Crippen molar-refractivity contribution >= 4 is 44.0 Å². The monoisotopic (exact) mass is 307 g/mol. The second kappa shape index (κ2) is 5.66. The zero-order chi connectivity index (χ0) is 13.2. The Morgan fingerprint density at radius 3 is 2.94 bits per heavy atom. The Kier molecular flexibility index (Phi) is 4.39. The molecule has 1 unspecified atom stereocenters. The maximum atomic E-state index is 11.9. The number of thioether (sulfide) groups is 1. The highest BCUT2D eigenvalue weighted by atomic mass is 32.2. The Labute approximate surface area is 116 Å². The Balaban J connectivity index is 2.13. The topological polar surface area (TPSA) is 85.1 Å². The molecular formula is C10H17N3O2S3. The van der Waals surface area contributed by atoms with Crippen LogP contribution in [0, 0.1) is 0 Å². The summed E-state index contributed by atoms with van der Waals surface area (Å²) in [6.07, 6.45) is 2.42. The van der Waals surface area contributed by atoms with Gasteiger partial charge in [0.1, 0.15) is 9.90 Å². The summed E-state index contributed by atoms with van der Waals surface area (Å²) >= 11 is 3.06. The Morgan fingerprint density at radius 1 is 1.56 bits per heavy atom. The smallest absolute Gasteiger partial charge is 0.184 e. The molecule has 102 valence electrons. The van der Waals surface area contributed by atoms with Crippen molar-refractivity contribution in [2.24, 2.45) is 0 Å². The third kappa shape index (κ3) is 2.92. The normalized spacial score (nSPS) is 20.2. The molecule has 18 heavy (non-hydrogen) atoms. The Bertz CT molecular complexity index is 506. The van der Waals surface area contributed by atoms with Crippen LogP contribution in [0.15, 0.2) is 4.90 Å². The van der Waals surface area contributed by atoms with E-state index in [1.165, 1.54) is 18.6 Å². The van der Waals surface area contributed by atoms with Gasteiger partial charge in [-0.25, -0.2) is 8.42 Å². The van der Waals surface area contributed by atoms with Crippen LogP contribution in [0.2, 0.25) is 0 Å². The minimum absolute atomic E-state index is 0.0441. The Morgan fingerprint density at radius 2 is 2.33 bits per heavy atom. The van der Waals surface area contributed by atoms with Gasteiger partial charge in [0.25, 0.3) is 0 Å². The van der Waals surface area contributed by atoms with E-state index in [0.717, 1.165) is 18.1 Å². The summed E-state index contributed by atoms with van der Waals surface area (Å²) in [5.41, 5.74) is 5.66. The lowest BCUT2D eigenvalue weighted by atomic mass is 10.2. The van der Waals surface area contributed by atoms with Crippen molar-refractivity contribution in [2.75, 3.05) is 29.1 Å². The minimum atomic E-state index is -3.31. The van der Waals surface area contributed by atoms with Crippen LogP contribution < -0.4 is 11.1 Å². The van der Waals surface area contributed by atoms with Crippen LogP contribution in [0.3, 0.4) is 0 Å². The zero-order valence-electron chi connectivity index (χ0n) is 10.2. The van der Waals surface area contributed by atoms with E-state index in [-0.39, 0.29) is 16.5 Å². The van der Waals surface area contributed by atoms with Gasteiger partial charge in [-0.3, -0.25) is 0 Å². The van der Waals surface area contributed by atoms with E-state index in [1.54, 1.807) is 6.92 Å². The van der Waals surface area contributed by atoms with Gasteiger partial charge in [0.05, 0.1) is 5.75 Å². The summed E-state index contributed by atoms with van der Waals surface area (Å²) in [5.74, 6) is 1.35. The molecule has 1 atom stereocenters. The first kappa shape index (κ1) is 14.0. The SMILES string of the molecule is CCS(=O)(=O)c1c(N)nsc1NCC1CCCS1. The summed E-state index contributed by atoms with van der Waals surface area (Å²) in [7, 11) is -3.31. The molecular weight excluding hydrogens is 290 g/mol. The predicted octanol–water partition coefficient (Wildman–Crippen LogP) is 1.83. The first-order chi connectivity index (χ1) is 8.54. The number of nitrogens with two attached hydrogens (primary N) is 1. The van der Waals surface area contributed by atoms with Crippen molar-refractivity contribution < 1.29 is 8.42 Å². The summed E-state index contributed by atoms with van der Waals surface area (Å²) in [6, 6.07) is 0. The van der Waals surface area contributed by atoms with Crippen LogP contribution in [0.25, 0.3) is 0 Å². The van der Waals surface area contributed by atoms with Gasteiger partial charge in [-0.1, -0.05) is 6.92 Å². The van der Waals surface area contributed by atoms with E-state index in [1.807, 2.05) is 11.8 Å². The molecule has 0 spiro atoms. The van der Waals surface area contributed by atoms with Crippen molar-refractivity contribution in [3.05, 3.63) is 0 Å². The zero-order valence-corrected chi connectivity index (χ0v) is 12.6. The van der Waals surface area contributed by atoms with Gasteiger partial charge in [0.15, 0.2) is 15.7 Å². The predicted molar refractivity (Wildman–Crippen MR) is 78.2 cm³/mol. The molecule has 0 aromatic carbocycles. The lowest BCUT2D eigenvalue weighted by Crippen LogP contribution is -2.15. The van der Waals surface area contributed by atoms with E-state index in [4.69, 9.17) is 5.73 Å². The highest BCUT2D eigenvalue weighted by molar-refractivity contribution is 8.00. The van der Waals surface area contributed by atoms with Gasteiger partial charge >= 0.3 is 0 Å². The molecule has 0 bridgehead atoms. The number of nitrogens with one attached hydrogen (secondary N) is 1. The van der Waals surface area contributed by atoms with Crippen LogP contribution in [0.1, 0.15) is 19.8 Å². The number of nitrogen functional groups attached to an aromatic ring is 1. The molecule has 3 N–H and O–H groups in total. The molecule has 1 saturated heterocycles. The van der Waals surface area contributed by atoms with Gasteiger partial charge in [0.2, 0.25) is 0 Å². The molecule has 1 aliphatic rings. The van der Waals surface area contributed by atoms with E-state index >= 15 is 0 Å². The highest BCUT2D eigenvalue weighted by Gasteiger charge is 2.24. The fourth-order valence-electron chi connectivity index (χ4n) is 1.86. The molecule has 0 aliphatic carbocycles. The molecule has 1 aromatic heterocycles. The molecule has 1 aliphatic heterocycles. The average Bonchev–Trinajstić information content (AvgIpc) is 2.95. The maximum Gasteiger partial charge on any atom is 0.184 e. The summed E-state index contributed by atoms with van der Waals surface area (Å²) in [6.45, 7) is 2.39. The lowest BCUT2D eigenvalue weighted by molar-refractivity contribution is 0.598. The van der Waals surface area contributed by atoms with Crippen LogP contribution in [0.4, 0.5) is 10.8 Å². The van der Waals surface area contributed by atoms with Crippen molar-refractivity contribution in [3.8, 4) is 0 Å². The number of rotatable bonds is 5. The van der Waals surface area contributed by atoms with E-state index < -0.39 is 9.84 Å². The molecule has 5 nitrogen and oxygen atoms in total. The number of hydrogen-bond donors (Lipinski definition) is 2. The highest BCUT2D eigenvalue weighted by Crippen LogP contribution is 2.33. The number of sulfone groups is 1. The molecule has 0 amide bonds. The average molecular weight is 307 g/mol. The van der Waals surface area contributed by atoms with Crippen LogP contribution in [-0.2, 0) is 9.84 Å². The Hall–Kier alpha value is -0.470. The second-order valence-electron chi connectivity index (χ2n) is 4.15. The van der Waals surface area contributed by atoms with Crippen molar-refractivity contribution in [1.82, 2.24) is 4.37 Å². The standard InChI is InChI=1S/C10H17N3O2S3/c1-2-18(14,15)8-9(11)13-17-10(8)12-6-7-4-3-5-16-7/h7,12H,2-6H2,1H3,(H2,11,13). The first-order valence-electron chi connectivity index (χ1n) is 5.88. The van der Waals surface area contributed by atoms with Gasteiger partial charge in [0, 0.05) is 11.8 Å². The fourth-order valence-corrected chi connectivity index (χ4v) is 5.24. The van der Waals surface area contributed by atoms with Crippen molar-refractivity contribution in [1.29, 1.82) is 0 Å². The lowest BCUT2D eigenvalue weighted by Gasteiger charge is -2.11. The fraction of sp³-hybridized carbons (Fsp3) is 0.700. The largest absolute Gasteiger partial charge is 0.382 e.